The van der Waals surface area contributed by atoms with E-state index >= 15 is 0 Å². The average molecular weight is 429 g/mol. The molecule has 0 aromatic carbocycles. The third-order valence-corrected chi connectivity index (χ3v) is 3.66. The van der Waals surface area contributed by atoms with Crippen LogP contribution in [0.25, 0.3) is 0 Å². The van der Waals surface area contributed by atoms with E-state index in [0.717, 1.165) is 0 Å². The maximum Gasteiger partial charge on any atom is 0.460 e. The summed E-state index contributed by atoms with van der Waals surface area (Å²) < 4.78 is 165. The molecule has 16 heteroatoms. The van der Waals surface area contributed by atoms with Gasteiger partial charge in [-0.05, 0) is 0 Å². The summed E-state index contributed by atoms with van der Waals surface area (Å²) in [6, 6.07) is 0. The minimum Gasteiger partial charge on any atom is -0.200 e. The molecule has 0 N–H and O–H groups in total. The number of halogens is 15. The highest BCUT2D eigenvalue weighted by Crippen LogP contribution is 2.62. The van der Waals surface area contributed by atoms with Gasteiger partial charge in [0.1, 0.15) is 0 Å². The summed E-state index contributed by atoms with van der Waals surface area (Å²) >= 11 is 9.47. The molecule has 0 heterocycles. The molecule has 144 valence electrons. The predicted molar refractivity (Wildman–Crippen MR) is 57.7 cm³/mol. The van der Waals surface area contributed by atoms with Crippen LogP contribution in [-0.2, 0) is 0 Å². The van der Waals surface area contributed by atoms with Crippen molar-refractivity contribution in [3.05, 3.63) is 0 Å². The van der Waals surface area contributed by atoms with E-state index in [1.54, 1.807) is 0 Å². The van der Waals surface area contributed by atoms with E-state index in [2.05, 4.69) is 0 Å². The van der Waals surface area contributed by atoms with Gasteiger partial charge in [0.2, 0.25) is 0 Å². The maximum absolute atomic E-state index is 13.3. The van der Waals surface area contributed by atoms with Gasteiger partial charge < -0.3 is 0 Å². The minimum absolute atomic E-state index is 0.0330. The van der Waals surface area contributed by atoms with Crippen molar-refractivity contribution < 1.29 is 57.1 Å². The molecule has 0 aliphatic rings. The highest BCUT2D eigenvalue weighted by molar-refractivity contribution is 7.34. The largest absolute Gasteiger partial charge is 0.460 e. The zero-order valence-corrected chi connectivity index (χ0v) is 12.3. The van der Waals surface area contributed by atoms with Gasteiger partial charge in [0.25, 0.3) is 0 Å². The van der Waals surface area contributed by atoms with E-state index in [1.165, 1.54) is 0 Å². The Morgan fingerprint density at radius 1 is 0.583 bits per heavy atom. The Morgan fingerprint density at radius 3 is 1.12 bits per heavy atom. The predicted octanol–water partition coefficient (Wildman–Crippen LogP) is 6.08. The smallest absolute Gasteiger partial charge is 0.200 e. The summed E-state index contributed by atoms with van der Waals surface area (Å²) in [5.41, 5.74) is -2.57. The van der Waals surface area contributed by atoms with E-state index < -0.39 is 47.1 Å². The molecule has 24 heavy (non-hydrogen) atoms. The molecule has 0 nitrogen and oxygen atoms in total. The average Bonchev–Trinajstić information content (AvgIpc) is 2.35. The Balaban J connectivity index is 6.31. The molecule has 0 aliphatic heterocycles. The first kappa shape index (κ1) is 23.7. The van der Waals surface area contributed by atoms with Gasteiger partial charge in [0.05, 0.1) is 0 Å². The quantitative estimate of drug-likeness (QED) is 0.355. The molecule has 1 unspecified atom stereocenters. The van der Waals surface area contributed by atoms with Crippen molar-refractivity contribution in [3.8, 4) is 0 Å². The molecule has 0 saturated heterocycles. The van der Waals surface area contributed by atoms with Crippen molar-refractivity contribution in [2.24, 2.45) is 0 Å². The van der Waals surface area contributed by atoms with E-state index in [-0.39, 0.29) is 6.92 Å². The van der Waals surface area contributed by atoms with Crippen molar-refractivity contribution in [2.45, 2.75) is 48.5 Å². The van der Waals surface area contributed by atoms with Crippen LogP contribution in [0.3, 0.4) is 0 Å². The Bertz CT molecular complexity index is 457. The van der Waals surface area contributed by atoms with E-state index in [1.807, 2.05) is 0 Å². The monoisotopic (exact) mass is 428 g/mol. The van der Waals surface area contributed by atoms with Crippen LogP contribution in [0.4, 0.5) is 57.1 Å². The summed E-state index contributed by atoms with van der Waals surface area (Å²) in [6.45, 7) is -0.0330. The Kier molecular flexibility index (Phi) is 6.10. The van der Waals surface area contributed by atoms with Crippen LogP contribution < -0.4 is 0 Å². The Labute approximate surface area is 135 Å². The standard InChI is InChI=1S/C8H4BCl2F13/c1-2(9(10)11)3(12,13)4(14,15)5(16,17)6(18,19)7(20,21)8(22,23)24/h2H,1H3. The fraction of sp³-hybridized carbons (Fsp3) is 1.00. The number of hydrogen-bond acceptors (Lipinski definition) is 0. The van der Waals surface area contributed by atoms with Crippen LogP contribution in [-0.4, -0.2) is 41.3 Å². The van der Waals surface area contributed by atoms with Crippen LogP contribution in [0.15, 0.2) is 0 Å². The SMILES string of the molecule is CC(B(Cl)Cl)C(F)(F)C(F)(F)C(F)(F)C(F)(F)C(F)(F)C(F)(F)F. The third-order valence-electron chi connectivity index (χ3n) is 2.91. The van der Waals surface area contributed by atoms with Crippen LogP contribution >= 0.6 is 22.9 Å². The molecule has 0 bridgehead atoms. The van der Waals surface area contributed by atoms with Gasteiger partial charge in [0, 0.05) is 5.82 Å². The second-order valence-electron chi connectivity index (χ2n) is 4.54. The van der Waals surface area contributed by atoms with Crippen molar-refractivity contribution in [1.82, 2.24) is 0 Å². The fourth-order valence-corrected chi connectivity index (χ4v) is 1.54. The Morgan fingerprint density at radius 2 is 0.875 bits per heavy atom. The summed E-state index contributed by atoms with van der Waals surface area (Å²) in [5.74, 6) is -40.3. The van der Waals surface area contributed by atoms with Gasteiger partial charge >= 0.3 is 41.3 Å². The van der Waals surface area contributed by atoms with Gasteiger partial charge in [0.15, 0.2) is 0 Å². The lowest BCUT2D eigenvalue weighted by Crippen LogP contribution is -2.70. The highest BCUT2D eigenvalue weighted by atomic mass is 35.5. The lowest BCUT2D eigenvalue weighted by atomic mass is 9.76. The van der Waals surface area contributed by atoms with Gasteiger partial charge in [-0.15, -0.1) is 0 Å². The fourth-order valence-electron chi connectivity index (χ4n) is 1.23. The molecule has 0 fully saturated rings. The van der Waals surface area contributed by atoms with Crippen LogP contribution in [0.2, 0.25) is 5.82 Å². The molecule has 0 spiro atoms. The molecule has 0 aromatic heterocycles. The number of alkyl halides is 13. The first-order valence-electron chi connectivity index (χ1n) is 5.34. The van der Waals surface area contributed by atoms with Crippen molar-refractivity contribution in [3.63, 3.8) is 0 Å². The summed E-state index contributed by atoms with van der Waals surface area (Å²) in [4.78, 5) is 0. The second kappa shape index (κ2) is 6.17. The van der Waals surface area contributed by atoms with Crippen molar-refractivity contribution >= 4 is 28.5 Å². The summed E-state index contributed by atoms with van der Waals surface area (Å²) in [7, 11) is 0. The van der Waals surface area contributed by atoms with Crippen molar-refractivity contribution in [1.29, 1.82) is 0 Å². The van der Waals surface area contributed by atoms with E-state index in [4.69, 9.17) is 22.9 Å². The molecular weight excluding hydrogens is 425 g/mol. The third kappa shape index (κ3) is 3.12. The van der Waals surface area contributed by atoms with Gasteiger partial charge in [-0.25, -0.2) is 8.78 Å². The van der Waals surface area contributed by atoms with Crippen LogP contribution in [0, 0.1) is 0 Å². The molecule has 0 radical (unpaired) electrons. The number of hydrogen-bond donors (Lipinski definition) is 0. The lowest BCUT2D eigenvalue weighted by Gasteiger charge is -2.41. The molecule has 0 amide bonds. The maximum atomic E-state index is 13.3. The molecule has 0 rings (SSSR count). The van der Waals surface area contributed by atoms with Gasteiger partial charge in [-0.1, -0.05) is 6.92 Å². The minimum atomic E-state index is -7.92. The first-order valence-corrected chi connectivity index (χ1v) is 6.22. The van der Waals surface area contributed by atoms with Crippen LogP contribution in [0.1, 0.15) is 6.92 Å². The molecule has 0 aliphatic carbocycles. The molecular formula is C8H4BCl2F13. The normalized spacial score (nSPS) is 17.0. The summed E-state index contributed by atoms with van der Waals surface area (Å²) in [6.07, 6.45) is -7.43. The highest BCUT2D eigenvalue weighted by Gasteiger charge is 2.91. The summed E-state index contributed by atoms with van der Waals surface area (Å²) in [5, 5.41) is 0. The Hall–Kier alpha value is -0.265. The number of rotatable bonds is 6. The van der Waals surface area contributed by atoms with Crippen molar-refractivity contribution in [2.75, 3.05) is 0 Å². The van der Waals surface area contributed by atoms with Crippen LogP contribution in [0.5, 0.6) is 0 Å². The molecule has 1 atom stereocenters. The zero-order chi connectivity index (χ0) is 20.2. The zero-order valence-electron chi connectivity index (χ0n) is 10.8. The first-order chi connectivity index (χ1) is 10.1. The van der Waals surface area contributed by atoms with E-state index in [0.29, 0.717) is 0 Å². The van der Waals surface area contributed by atoms with Gasteiger partial charge in [-0.3, -0.25) is 0 Å². The van der Waals surface area contributed by atoms with Gasteiger partial charge in [-0.2, -0.15) is 71.2 Å². The topological polar surface area (TPSA) is 0 Å². The molecule has 0 saturated carbocycles. The van der Waals surface area contributed by atoms with E-state index in [9.17, 15) is 57.1 Å². The molecule has 0 aromatic rings. The second-order valence-corrected chi connectivity index (χ2v) is 5.71. The lowest BCUT2D eigenvalue weighted by molar-refractivity contribution is -0.439.